The third kappa shape index (κ3) is 0.975. The van der Waals surface area contributed by atoms with Crippen molar-refractivity contribution in [2.24, 2.45) is 0 Å². The molecule has 59 valence electrons. The summed E-state index contributed by atoms with van der Waals surface area (Å²) in [4.78, 5) is 0. The van der Waals surface area contributed by atoms with Crippen molar-refractivity contribution in [1.29, 1.82) is 0 Å². The SMILES string of the molecule is Nc1c[c]c2c(N)cccc2c1. The molecule has 2 nitrogen and oxygen atoms in total. The first kappa shape index (κ1) is 6.98. The highest BCUT2D eigenvalue weighted by Crippen LogP contribution is 2.21. The lowest BCUT2D eigenvalue weighted by Crippen LogP contribution is -1.88. The summed E-state index contributed by atoms with van der Waals surface area (Å²) in [5, 5.41) is 1.97. The van der Waals surface area contributed by atoms with E-state index in [2.05, 4.69) is 6.07 Å². The average Bonchev–Trinajstić information content (AvgIpc) is 2.04. The molecule has 0 atom stereocenters. The minimum absolute atomic E-state index is 0.716. The number of nitrogen functional groups attached to an aromatic ring is 2. The standard InChI is InChI=1S/C10H9N2/c11-8-4-5-9-7(6-8)2-1-3-10(9)12/h1-4,6H,11-12H2. The second-order valence-corrected chi connectivity index (χ2v) is 2.74. The molecule has 0 aromatic heterocycles. The predicted octanol–water partition coefficient (Wildman–Crippen LogP) is 1.80. The minimum atomic E-state index is 0.716. The van der Waals surface area contributed by atoms with Crippen LogP contribution in [0.15, 0.2) is 30.3 Å². The molecule has 4 N–H and O–H groups in total. The van der Waals surface area contributed by atoms with Crippen molar-refractivity contribution in [3.05, 3.63) is 36.4 Å². The van der Waals surface area contributed by atoms with Crippen molar-refractivity contribution >= 4 is 22.1 Å². The number of benzene rings is 2. The van der Waals surface area contributed by atoms with E-state index in [4.69, 9.17) is 11.5 Å². The van der Waals surface area contributed by atoms with Gasteiger partial charge in [-0.15, -0.1) is 0 Å². The highest BCUT2D eigenvalue weighted by molar-refractivity contribution is 5.93. The summed E-state index contributed by atoms with van der Waals surface area (Å²) in [6, 6.07) is 12.4. The summed E-state index contributed by atoms with van der Waals surface area (Å²) < 4.78 is 0. The molecule has 0 bridgehead atoms. The summed E-state index contributed by atoms with van der Waals surface area (Å²) in [6.45, 7) is 0. The fourth-order valence-corrected chi connectivity index (χ4v) is 1.25. The fourth-order valence-electron chi connectivity index (χ4n) is 1.25. The molecule has 0 aliphatic heterocycles. The van der Waals surface area contributed by atoms with E-state index in [0.717, 1.165) is 16.5 Å². The zero-order valence-corrected chi connectivity index (χ0v) is 6.54. The molecule has 0 saturated carbocycles. The molecule has 2 aromatic carbocycles. The smallest absolute Gasteiger partial charge is 0.0400 e. The van der Waals surface area contributed by atoms with Gasteiger partial charge < -0.3 is 11.5 Å². The second-order valence-electron chi connectivity index (χ2n) is 2.74. The van der Waals surface area contributed by atoms with Crippen molar-refractivity contribution in [3.8, 4) is 0 Å². The largest absolute Gasteiger partial charge is 0.399 e. The Morgan fingerprint density at radius 2 is 2.00 bits per heavy atom. The van der Waals surface area contributed by atoms with Crippen LogP contribution in [0.1, 0.15) is 0 Å². The molecule has 2 rings (SSSR count). The van der Waals surface area contributed by atoms with Crippen molar-refractivity contribution in [2.75, 3.05) is 11.5 Å². The summed E-state index contributed by atoms with van der Waals surface area (Å²) in [5.74, 6) is 0. The number of rotatable bonds is 0. The summed E-state index contributed by atoms with van der Waals surface area (Å²) in [6.07, 6.45) is 0. The Labute approximate surface area is 70.8 Å². The monoisotopic (exact) mass is 157 g/mol. The van der Waals surface area contributed by atoms with Crippen LogP contribution in [0.2, 0.25) is 0 Å². The lowest BCUT2D eigenvalue weighted by Gasteiger charge is -2.01. The summed E-state index contributed by atoms with van der Waals surface area (Å²) in [7, 11) is 0. The van der Waals surface area contributed by atoms with Crippen molar-refractivity contribution < 1.29 is 0 Å². The van der Waals surface area contributed by atoms with E-state index in [1.165, 1.54) is 0 Å². The van der Waals surface area contributed by atoms with Gasteiger partial charge in [-0.2, -0.15) is 0 Å². The van der Waals surface area contributed by atoms with E-state index in [1.807, 2.05) is 24.3 Å². The number of anilines is 2. The first-order valence-corrected chi connectivity index (χ1v) is 3.73. The van der Waals surface area contributed by atoms with E-state index in [0.29, 0.717) is 5.69 Å². The van der Waals surface area contributed by atoms with Gasteiger partial charge in [0.05, 0.1) is 0 Å². The first-order valence-electron chi connectivity index (χ1n) is 3.73. The molecule has 2 heteroatoms. The van der Waals surface area contributed by atoms with Crippen molar-refractivity contribution in [1.82, 2.24) is 0 Å². The molecule has 0 aliphatic rings. The van der Waals surface area contributed by atoms with Gasteiger partial charge in [0.15, 0.2) is 0 Å². The fraction of sp³-hybridized carbons (Fsp3) is 0. The summed E-state index contributed by atoms with van der Waals surface area (Å²) >= 11 is 0. The lowest BCUT2D eigenvalue weighted by atomic mass is 10.1. The first-order chi connectivity index (χ1) is 5.77. The zero-order valence-electron chi connectivity index (χ0n) is 6.54. The quantitative estimate of drug-likeness (QED) is 0.573. The maximum Gasteiger partial charge on any atom is 0.0400 e. The molecule has 0 aliphatic carbocycles. The molecule has 0 spiro atoms. The van der Waals surface area contributed by atoms with Crippen LogP contribution >= 0.6 is 0 Å². The van der Waals surface area contributed by atoms with Crippen LogP contribution in [0, 0.1) is 6.07 Å². The maximum absolute atomic E-state index is 5.73. The van der Waals surface area contributed by atoms with E-state index in [1.54, 1.807) is 6.07 Å². The second kappa shape index (κ2) is 2.41. The topological polar surface area (TPSA) is 52.0 Å². The Morgan fingerprint density at radius 3 is 2.83 bits per heavy atom. The van der Waals surface area contributed by atoms with Gasteiger partial charge in [0.1, 0.15) is 0 Å². The Kier molecular flexibility index (Phi) is 1.40. The molecular weight excluding hydrogens is 148 g/mol. The number of hydrogen-bond donors (Lipinski definition) is 2. The zero-order chi connectivity index (χ0) is 8.55. The van der Waals surface area contributed by atoms with Gasteiger partial charge in [-0.3, -0.25) is 0 Å². The Morgan fingerprint density at radius 1 is 1.17 bits per heavy atom. The van der Waals surface area contributed by atoms with Gasteiger partial charge in [-0.05, 0) is 29.7 Å². The van der Waals surface area contributed by atoms with Crippen molar-refractivity contribution in [3.63, 3.8) is 0 Å². The van der Waals surface area contributed by atoms with Crippen LogP contribution in [0.3, 0.4) is 0 Å². The molecule has 0 fully saturated rings. The molecule has 0 saturated heterocycles. The highest BCUT2D eigenvalue weighted by atomic mass is 14.6. The molecule has 0 heterocycles. The van der Waals surface area contributed by atoms with E-state index < -0.39 is 0 Å². The van der Waals surface area contributed by atoms with Gasteiger partial charge in [0.25, 0.3) is 0 Å². The van der Waals surface area contributed by atoms with E-state index in [9.17, 15) is 0 Å². The van der Waals surface area contributed by atoms with E-state index >= 15 is 0 Å². The molecule has 1 radical (unpaired) electrons. The van der Waals surface area contributed by atoms with Gasteiger partial charge in [-0.25, -0.2) is 0 Å². The van der Waals surface area contributed by atoms with Gasteiger partial charge in [0.2, 0.25) is 0 Å². The highest BCUT2D eigenvalue weighted by Gasteiger charge is 1.96. The number of nitrogens with two attached hydrogens (primary N) is 2. The number of hydrogen-bond acceptors (Lipinski definition) is 2. The minimum Gasteiger partial charge on any atom is -0.399 e. The van der Waals surface area contributed by atoms with Gasteiger partial charge in [0, 0.05) is 16.8 Å². The normalized spacial score (nSPS) is 10.3. The van der Waals surface area contributed by atoms with Crippen molar-refractivity contribution in [2.45, 2.75) is 0 Å². The Balaban J connectivity index is 2.86. The lowest BCUT2D eigenvalue weighted by molar-refractivity contribution is 1.70. The van der Waals surface area contributed by atoms with Gasteiger partial charge in [-0.1, -0.05) is 12.1 Å². The molecule has 2 aromatic rings. The van der Waals surface area contributed by atoms with Crippen LogP contribution in [-0.2, 0) is 0 Å². The third-order valence-corrected chi connectivity index (χ3v) is 1.83. The summed E-state index contributed by atoms with van der Waals surface area (Å²) in [5.41, 5.74) is 12.8. The molecule has 0 unspecified atom stereocenters. The van der Waals surface area contributed by atoms with Gasteiger partial charge >= 0.3 is 0 Å². The van der Waals surface area contributed by atoms with E-state index in [-0.39, 0.29) is 0 Å². The van der Waals surface area contributed by atoms with Crippen LogP contribution in [0.5, 0.6) is 0 Å². The predicted molar refractivity (Wildman–Crippen MR) is 51.6 cm³/mol. The number of fused-ring (bicyclic) bond motifs is 1. The average molecular weight is 157 g/mol. The van der Waals surface area contributed by atoms with Crippen LogP contribution in [0.25, 0.3) is 10.8 Å². The Bertz CT molecular complexity index is 421. The van der Waals surface area contributed by atoms with Crippen LogP contribution in [-0.4, -0.2) is 0 Å². The maximum atomic E-state index is 5.73. The van der Waals surface area contributed by atoms with Crippen LogP contribution in [0.4, 0.5) is 11.4 Å². The molecule has 12 heavy (non-hydrogen) atoms. The Hall–Kier alpha value is -1.70. The van der Waals surface area contributed by atoms with Crippen LogP contribution < -0.4 is 11.5 Å². The molecular formula is C10H9N2. The molecule has 0 amide bonds. The third-order valence-electron chi connectivity index (χ3n) is 1.83.